The molecular formula is C21H40IN5O. The molecule has 0 spiro atoms. The number of aliphatic imine (C=N–C) groups is 1. The largest absolute Gasteiger partial charge is 0.383 e. The number of ether oxygens (including phenoxy) is 1. The first kappa shape index (κ1) is 25.2. The number of nitrogens with zero attached hydrogens (tertiary/aromatic N) is 3. The monoisotopic (exact) mass is 505 g/mol. The minimum atomic E-state index is 0. The second kappa shape index (κ2) is 12.7. The van der Waals surface area contributed by atoms with E-state index in [2.05, 4.69) is 50.4 Å². The summed E-state index contributed by atoms with van der Waals surface area (Å²) < 4.78 is 7.20. The fourth-order valence-electron chi connectivity index (χ4n) is 3.96. The molecule has 0 unspecified atom stereocenters. The van der Waals surface area contributed by atoms with E-state index in [1.54, 1.807) is 7.11 Å². The molecule has 0 saturated heterocycles. The number of aryl methyl sites for hydroxylation is 1. The van der Waals surface area contributed by atoms with Crippen LogP contribution in [0.15, 0.2) is 4.99 Å². The Labute approximate surface area is 188 Å². The number of guanidine groups is 1. The number of nitrogens with one attached hydrogen (secondary N) is 2. The van der Waals surface area contributed by atoms with Gasteiger partial charge in [0.15, 0.2) is 5.96 Å². The van der Waals surface area contributed by atoms with E-state index in [1.807, 2.05) is 4.68 Å². The molecule has 1 aromatic rings. The lowest BCUT2D eigenvalue weighted by atomic mass is 9.80. The molecule has 1 heterocycles. The third-order valence-corrected chi connectivity index (χ3v) is 5.83. The van der Waals surface area contributed by atoms with Crippen molar-refractivity contribution in [3.63, 3.8) is 0 Å². The lowest BCUT2D eigenvalue weighted by molar-refractivity contribution is 0.182. The van der Waals surface area contributed by atoms with Gasteiger partial charge in [0.1, 0.15) is 0 Å². The molecule has 1 aromatic heterocycles. The van der Waals surface area contributed by atoms with Crippen molar-refractivity contribution >= 4 is 29.9 Å². The molecule has 1 saturated carbocycles. The van der Waals surface area contributed by atoms with Crippen LogP contribution in [0.25, 0.3) is 0 Å². The van der Waals surface area contributed by atoms with Crippen LogP contribution in [0.1, 0.15) is 63.4 Å². The Morgan fingerprint density at radius 1 is 1.25 bits per heavy atom. The summed E-state index contributed by atoms with van der Waals surface area (Å²) in [4.78, 5) is 4.86. The van der Waals surface area contributed by atoms with Gasteiger partial charge in [0, 0.05) is 31.0 Å². The van der Waals surface area contributed by atoms with Gasteiger partial charge in [0.2, 0.25) is 0 Å². The van der Waals surface area contributed by atoms with Crippen molar-refractivity contribution in [1.82, 2.24) is 20.4 Å². The average Bonchev–Trinajstić information content (AvgIpc) is 2.92. The molecule has 0 aromatic carbocycles. The Kier molecular flexibility index (Phi) is 11.4. The van der Waals surface area contributed by atoms with Gasteiger partial charge in [0.05, 0.1) is 25.4 Å². The minimum Gasteiger partial charge on any atom is -0.383 e. The van der Waals surface area contributed by atoms with E-state index in [-0.39, 0.29) is 24.0 Å². The highest BCUT2D eigenvalue weighted by atomic mass is 127. The molecular weight excluding hydrogens is 465 g/mol. The first-order valence-electron chi connectivity index (χ1n) is 10.5. The van der Waals surface area contributed by atoms with Crippen molar-refractivity contribution < 1.29 is 4.74 Å². The smallest absolute Gasteiger partial charge is 0.191 e. The molecule has 1 aliphatic rings. The Balaban J connectivity index is 0.00000392. The van der Waals surface area contributed by atoms with Crippen LogP contribution in [0.2, 0.25) is 0 Å². The molecule has 6 nitrogen and oxygen atoms in total. The van der Waals surface area contributed by atoms with Crippen LogP contribution >= 0.6 is 24.0 Å². The van der Waals surface area contributed by atoms with Crippen LogP contribution in [0, 0.1) is 25.7 Å². The van der Waals surface area contributed by atoms with Gasteiger partial charge < -0.3 is 15.4 Å². The Hall–Kier alpha value is -0.830. The van der Waals surface area contributed by atoms with E-state index in [9.17, 15) is 0 Å². The number of methoxy groups -OCH3 is 1. The Morgan fingerprint density at radius 2 is 1.93 bits per heavy atom. The number of hydrogen-bond acceptors (Lipinski definition) is 3. The summed E-state index contributed by atoms with van der Waals surface area (Å²) in [6.45, 7) is 14.0. The lowest BCUT2D eigenvalue weighted by Gasteiger charge is -2.32. The van der Waals surface area contributed by atoms with E-state index >= 15 is 0 Å². The predicted molar refractivity (Wildman–Crippen MR) is 128 cm³/mol. The predicted octanol–water partition coefficient (Wildman–Crippen LogP) is 4.03. The summed E-state index contributed by atoms with van der Waals surface area (Å²) in [5, 5.41) is 11.7. The van der Waals surface area contributed by atoms with E-state index in [0.717, 1.165) is 36.6 Å². The molecule has 0 atom stereocenters. The minimum absolute atomic E-state index is 0. The maximum absolute atomic E-state index is 5.18. The topological polar surface area (TPSA) is 63.5 Å². The van der Waals surface area contributed by atoms with Crippen molar-refractivity contribution in [2.75, 3.05) is 20.3 Å². The van der Waals surface area contributed by atoms with Gasteiger partial charge in [-0.2, -0.15) is 5.10 Å². The highest BCUT2D eigenvalue weighted by Crippen LogP contribution is 2.29. The summed E-state index contributed by atoms with van der Waals surface area (Å²) in [6.07, 6.45) is 5.11. The highest BCUT2D eigenvalue weighted by molar-refractivity contribution is 14.0. The van der Waals surface area contributed by atoms with Gasteiger partial charge in [-0.3, -0.25) is 4.68 Å². The summed E-state index contributed by atoms with van der Waals surface area (Å²) in [6, 6.07) is 0.532. The van der Waals surface area contributed by atoms with Crippen LogP contribution in [0.3, 0.4) is 0 Å². The Morgan fingerprint density at radius 3 is 2.50 bits per heavy atom. The van der Waals surface area contributed by atoms with Gasteiger partial charge in [-0.05, 0) is 58.3 Å². The summed E-state index contributed by atoms with van der Waals surface area (Å²) >= 11 is 0. The fourth-order valence-corrected chi connectivity index (χ4v) is 3.96. The fraction of sp³-hybridized carbons (Fsp3) is 0.810. The zero-order chi connectivity index (χ0) is 19.8. The number of aromatic nitrogens is 2. The van der Waals surface area contributed by atoms with Crippen molar-refractivity contribution in [1.29, 1.82) is 0 Å². The number of halogens is 1. The molecule has 28 heavy (non-hydrogen) atoms. The van der Waals surface area contributed by atoms with Crippen molar-refractivity contribution in [3.05, 3.63) is 17.0 Å². The summed E-state index contributed by atoms with van der Waals surface area (Å²) in [5.74, 6) is 2.60. The SMILES string of the molecule is CCNC(=NCc1c(C)nn(CCOC)c1C)NC1CCC(C(C)C)CC1.I. The van der Waals surface area contributed by atoms with Crippen LogP contribution in [-0.4, -0.2) is 42.0 Å². The molecule has 162 valence electrons. The van der Waals surface area contributed by atoms with E-state index < -0.39 is 0 Å². The molecule has 0 radical (unpaired) electrons. The van der Waals surface area contributed by atoms with Crippen molar-refractivity contribution in [2.24, 2.45) is 16.8 Å². The van der Waals surface area contributed by atoms with Crippen molar-refractivity contribution in [2.45, 2.75) is 79.4 Å². The van der Waals surface area contributed by atoms with Gasteiger partial charge in [-0.1, -0.05) is 13.8 Å². The molecule has 0 aliphatic heterocycles. The second-order valence-corrected chi connectivity index (χ2v) is 8.06. The average molecular weight is 505 g/mol. The van der Waals surface area contributed by atoms with E-state index in [4.69, 9.17) is 9.73 Å². The molecule has 1 aliphatic carbocycles. The highest BCUT2D eigenvalue weighted by Gasteiger charge is 2.23. The quantitative estimate of drug-likeness (QED) is 0.318. The van der Waals surface area contributed by atoms with Gasteiger partial charge in [-0.25, -0.2) is 4.99 Å². The first-order chi connectivity index (χ1) is 13.0. The maximum atomic E-state index is 5.18. The third-order valence-electron chi connectivity index (χ3n) is 5.83. The zero-order valence-electron chi connectivity index (χ0n) is 18.5. The zero-order valence-corrected chi connectivity index (χ0v) is 20.9. The summed E-state index contributed by atoms with van der Waals surface area (Å²) in [7, 11) is 1.72. The number of hydrogen-bond donors (Lipinski definition) is 2. The maximum Gasteiger partial charge on any atom is 0.191 e. The number of rotatable bonds is 8. The molecule has 2 rings (SSSR count). The van der Waals surface area contributed by atoms with E-state index in [0.29, 0.717) is 19.2 Å². The molecule has 0 bridgehead atoms. The van der Waals surface area contributed by atoms with Gasteiger partial charge in [0.25, 0.3) is 0 Å². The first-order valence-corrected chi connectivity index (χ1v) is 10.5. The lowest BCUT2D eigenvalue weighted by Crippen LogP contribution is -2.45. The molecule has 7 heteroatoms. The molecule has 2 N–H and O–H groups in total. The molecule has 0 amide bonds. The second-order valence-electron chi connectivity index (χ2n) is 8.06. The van der Waals surface area contributed by atoms with Gasteiger partial charge >= 0.3 is 0 Å². The van der Waals surface area contributed by atoms with Crippen LogP contribution in [0.5, 0.6) is 0 Å². The van der Waals surface area contributed by atoms with Crippen LogP contribution < -0.4 is 10.6 Å². The molecule has 1 fully saturated rings. The normalized spacial score (nSPS) is 20.2. The van der Waals surface area contributed by atoms with Gasteiger partial charge in [-0.15, -0.1) is 24.0 Å². The third kappa shape index (κ3) is 7.21. The van der Waals surface area contributed by atoms with E-state index in [1.165, 1.54) is 36.9 Å². The van der Waals surface area contributed by atoms with Crippen molar-refractivity contribution in [3.8, 4) is 0 Å². The Bertz CT molecular complexity index is 606. The van der Waals surface area contributed by atoms with Crippen LogP contribution in [-0.2, 0) is 17.8 Å². The summed E-state index contributed by atoms with van der Waals surface area (Å²) in [5.41, 5.74) is 3.45. The van der Waals surface area contributed by atoms with Crippen LogP contribution in [0.4, 0.5) is 0 Å². The standard InChI is InChI=1S/C21H39N5O.HI/c1-7-22-21(24-19-10-8-18(9-11-19)15(2)3)23-14-20-16(4)25-26(17(20)5)12-13-27-6;/h15,18-19H,7-14H2,1-6H3,(H2,22,23,24);1H.